The van der Waals surface area contributed by atoms with Crippen molar-refractivity contribution >= 4 is 29.4 Å². The zero-order chi connectivity index (χ0) is 18.4. The summed E-state index contributed by atoms with van der Waals surface area (Å²) in [5.41, 5.74) is 2.10. The number of carbonyl (C=O) groups is 1. The monoisotopic (exact) mass is 384 g/mol. The molecule has 26 heavy (non-hydrogen) atoms. The molecule has 0 fully saturated rings. The van der Waals surface area contributed by atoms with Crippen molar-refractivity contribution < 1.29 is 4.79 Å². The van der Waals surface area contributed by atoms with Crippen molar-refractivity contribution in [1.82, 2.24) is 19.7 Å². The Labute approximate surface area is 161 Å². The van der Waals surface area contributed by atoms with Crippen LogP contribution in [0.5, 0.6) is 0 Å². The molecule has 3 aromatic rings. The molecule has 1 heterocycles. The van der Waals surface area contributed by atoms with Gasteiger partial charge in [-0.15, -0.1) is 22.0 Å². The van der Waals surface area contributed by atoms with E-state index in [1.807, 2.05) is 41.9 Å². The minimum atomic E-state index is 0.0616. The average molecular weight is 385 g/mol. The Morgan fingerprint density at radius 3 is 2.54 bits per heavy atom. The Hall–Kier alpha value is -2.25. The van der Waals surface area contributed by atoms with Gasteiger partial charge in [-0.25, -0.2) is 0 Å². The number of rotatable bonds is 7. The summed E-state index contributed by atoms with van der Waals surface area (Å²) in [5, 5.41) is 8.81. The summed E-state index contributed by atoms with van der Waals surface area (Å²) in [5.74, 6) is 0.386. The predicted molar refractivity (Wildman–Crippen MR) is 107 cm³/mol. The minimum absolute atomic E-state index is 0.0616. The first-order valence-corrected chi connectivity index (χ1v) is 10.3. The normalized spacial score (nSPS) is 10.7. The molecule has 1 aromatic heterocycles. The third kappa shape index (κ3) is 4.68. The summed E-state index contributed by atoms with van der Waals surface area (Å²) >= 11 is 3.11. The van der Waals surface area contributed by atoms with E-state index in [2.05, 4.69) is 40.7 Å². The van der Waals surface area contributed by atoms with Crippen LogP contribution >= 0.6 is 23.5 Å². The maximum Gasteiger partial charge on any atom is 0.233 e. The molecule has 0 radical (unpaired) electrons. The fraction of sp³-hybridized carbons (Fsp3) is 0.211. The van der Waals surface area contributed by atoms with E-state index in [9.17, 15) is 4.79 Å². The maximum absolute atomic E-state index is 12.5. The smallest absolute Gasteiger partial charge is 0.233 e. The molecule has 0 spiro atoms. The molecule has 0 aliphatic heterocycles. The van der Waals surface area contributed by atoms with Crippen LogP contribution in [0, 0.1) is 0 Å². The number of benzene rings is 2. The third-order valence-electron chi connectivity index (χ3n) is 3.88. The highest BCUT2D eigenvalue weighted by atomic mass is 32.2. The molecular weight excluding hydrogens is 364 g/mol. The Balaban J connectivity index is 1.58. The number of para-hydroxylation sites is 1. The van der Waals surface area contributed by atoms with Gasteiger partial charge in [0, 0.05) is 24.2 Å². The molecule has 0 saturated heterocycles. The molecule has 1 amide bonds. The van der Waals surface area contributed by atoms with Crippen molar-refractivity contribution in [3.05, 3.63) is 66.5 Å². The van der Waals surface area contributed by atoms with Gasteiger partial charge in [0.2, 0.25) is 5.91 Å². The third-order valence-corrected chi connectivity index (χ3v) is 5.55. The molecule has 134 valence electrons. The van der Waals surface area contributed by atoms with Gasteiger partial charge >= 0.3 is 0 Å². The lowest BCUT2D eigenvalue weighted by Gasteiger charge is -2.17. The summed E-state index contributed by atoms with van der Waals surface area (Å²) in [6, 6.07) is 18.1. The van der Waals surface area contributed by atoms with E-state index < -0.39 is 0 Å². The van der Waals surface area contributed by atoms with E-state index in [0.717, 1.165) is 11.3 Å². The van der Waals surface area contributed by atoms with Crippen LogP contribution in [0.3, 0.4) is 0 Å². The molecule has 0 N–H and O–H groups in total. The topological polar surface area (TPSA) is 51.0 Å². The summed E-state index contributed by atoms with van der Waals surface area (Å²) in [7, 11) is 1.83. The van der Waals surface area contributed by atoms with Crippen LogP contribution in [0.4, 0.5) is 0 Å². The second-order valence-electron chi connectivity index (χ2n) is 5.71. The lowest BCUT2D eigenvalue weighted by atomic mass is 10.2. The summed E-state index contributed by atoms with van der Waals surface area (Å²) in [6.07, 6.45) is 3.72. The van der Waals surface area contributed by atoms with Crippen LogP contribution in [0.2, 0.25) is 0 Å². The Kier molecular flexibility index (Phi) is 6.35. The number of hydrogen-bond donors (Lipinski definition) is 0. The number of hydrogen-bond acceptors (Lipinski definition) is 5. The standard InChI is InChI=1S/C19H20N4OS2/c1-22(12-15-8-10-17(25-2)11-9-15)18(24)13-26-19-21-20-14-23(19)16-6-4-3-5-7-16/h3-11,14H,12-13H2,1-2H3. The van der Waals surface area contributed by atoms with Crippen LogP contribution in [0.15, 0.2) is 71.0 Å². The van der Waals surface area contributed by atoms with Gasteiger partial charge < -0.3 is 4.90 Å². The van der Waals surface area contributed by atoms with E-state index in [0.29, 0.717) is 17.5 Å². The fourth-order valence-electron chi connectivity index (χ4n) is 2.42. The molecule has 3 rings (SSSR count). The molecule has 0 saturated carbocycles. The Morgan fingerprint density at radius 1 is 1.12 bits per heavy atom. The van der Waals surface area contributed by atoms with Crippen molar-refractivity contribution in [3.63, 3.8) is 0 Å². The van der Waals surface area contributed by atoms with Gasteiger partial charge in [0.15, 0.2) is 5.16 Å². The van der Waals surface area contributed by atoms with Crippen LogP contribution < -0.4 is 0 Å². The molecule has 0 bridgehead atoms. The molecule has 0 atom stereocenters. The highest BCUT2D eigenvalue weighted by Crippen LogP contribution is 2.20. The van der Waals surface area contributed by atoms with Crippen LogP contribution in [0.1, 0.15) is 5.56 Å². The summed E-state index contributed by atoms with van der Waals surface area (Å²) < 4.78 is 1.89. The molecule has 0 aliphatic rings. The van der Waals surface area contributed by atoms with Crippen molar-refractivity contribution in [2.24, 2.45) is 0 Å². The van der Waals surface area contributed by atoms with Gasteiger partial charge in [-0.2, -0.15) is 0 Å². The quantitative estimate of drug-likeness (QED) is 0.581. The highest BCUT2D eigenvalue weighted by Gasteiger charge is 2.13. The predicted octanol–water partition coefficient (Wildman–Crippen LogP) is 3.74. The van der Waals surface area contributed by atoms with Crippen LogP contribution in [0.25, 0.3) is 5.69 Å². The second-order valence-corrected chi connectivity index (χ2v) is 7.53. The SMILES string of the molecule is CSc1ccc(CN(C)C(=O)CSc2nncn2-c2ccccc2)cc1. The minimum Gasteiger partial charge on any atom is -0.341 e. The number of thioether (sulfide) groups is 2. The van der Waals surface area contributed by atoms with Crippen LogP contribution in [-0.2, 0) is 11.3 Å². The number of amides is 1. The van der Waals surface area contributed by atoms with E-state index in [-0.39, 0.29) is 5.91 Å². The Bertz CT molecular complexity index is 849. The largest absolute Gasteiger partial charge is 0.341 e. The zero-order valence-electron chi connectivity index (χ0n) is 14.7. The maximum atomic E-state index is 12.5. The lowest BCUT2D eigenvalue weighted by molar-refractivity contribution is -0.127. The van der Waals surface area contributed by atoms with E-state index >= 15 is 0 Å². The molecule has 0 aliphatic carbocycles. The zero-order valence-corrected chi connectivity index (χ0v) is 16.3. The number of carbonyl (C=O) groups excluding carboxylic acids is 1. The van der Waals surface area contributed by atoms with Gasteiger partial charge in [-0.1, -0.05) is 42.1 Å². The fourth-order valence-corrected chi connectivity index (χ4v) is 3.70. The molecule has 0 unspecified atom stereocenters. The number of nitrogens with zero attached hydrogens (tertiary/aromatic N) is 4. The van der Waals surface area contributed by atoms with E-state index in [1.165, 1.54) is 16.7 Å². The summed E-state index contributed by atoms with van der Waals surface area (Å²) in [6.45, 7) is 0.597. The first-order chi connectivity index (χ1) is 12.7. The van der Waals surface area contributed by atoms with E-state index in [1.54, 1.807) is 23.0 Å². The van der Waals surface area contributed by atoms with Gasteiger partial charge in [0.05, 0.1) is 5.75 Å². The van der Waals surface area contributed by atoms with Gasteiger partial charge in [-0.05, 0) is 36.1 Å². The van der Waals surface area contributed by atoms with Crippen LogP contribution in [-0.4, -0.2) is 44.6 Å². The first kappa shape index (κ1) is 18.5. The van der Waals surface area contributed by atoms with Crippen molar-refractivity contribution in [2.45, 2.75) is 16.6 Å². The molecule has 2 aromatic carbocycles. The average Bonchev–Trinajstić information content (AvgIpc) is 3.16. The van der Waals surface area contributed by atoms with E-state index in [4.69, 9.17) is 0 Å². The van der Waals surface area contributed by atoms with Gasteiger partial charge in [0.25, 0.3) is 0 Å². The Morgan fingerprint density at radius 2 is 1.85 bits per heavy atom. The van der Waals surface area contributed by atoms with Gasteiger partial charge in [0.1, 0.15) is 6.33 Å². The molecule has 5 nitrogen and oxygen atoms in total. The first-order valence-electron chi connectivity index (χ1n) is 8.12. The van der Waals surface area contributed by atoms with Crippen molar-refractivity contribution in [1.29, 1.82) is 0 Å². The van der Waals surface area contributed by atoms with Crippen molar-refractivity contribution in [3.8, 4) is 5.69 Å². The van der Waals surface area contributed by atoms with Crippen molar-refractivity contribution in [2.75, 3.05) is 19.1 Å². The number of aromatic nitrogens is 3. The second kappa shape index (κ2) is 8.91. The van der Waals surface area contributed by atoms with Gasteiger partial charge in [-0.3, -0.25) is 9.36 Å². The highest BCUT2D eigenvalue weighted by molar-refractivity contribution is 7.99. The molecular formula is C19H20N4OS2. The molecule has 7 heteroatoms. The summed E-state index contributed by atoms with van der Waals surface area (Å²) in [4.78, 5) is 15.4. The lowest BCUT2D eigenvalue weighted by Crippen LogP contribution is -2.27.